The van der Waals surface area contributed by atoms with Crippen molar-refractivity contribution in [3.8, 4) is 0 Å². The lowest BCUT2D eigenvalue weighted by molar-refractivity contribution is 0.115. The fraction of sp³-hybridized carbons (Fsp3) is 1.00. The molecule has 0 aromatic rings. The molecule has 0 radical (unpaired) electrons. The standard InChI is InChI=1S/3C8H14.C7H12/c3*1-2-4-8-6-5-7(8)3-1;1-2-6-4-5-7(6)3-1/h3*7-8H,1-6H2;6-7H,1-5H2. The van der Waals surface area contributed by atoms with Gasteiger partial charge in [0.25, 0.3) is 0 Å². The molecule has 0 N–H and O–H groups in total. The van der Waals surface area contributed by atoms with Crippen LogP contribution >= 0.6 is 0 Å². The highest BCUT2D eigenvalue weighted by molar-refractivity contribution is 4.86. The lowest BCUT2D eigenvalue weighted by Crippen LogP contribution is -2.28. The predicted octanol–water partition coefficient (Wildman–Crippen LogP) is 9.96. The van der Waals surface area contributed by atoms with Gasteiger partial charge >= 0.3 is 0 Å². The Morgan fingerprint density at radius 3 is 0.452 bits per heavy atom. The van der Waals surface area contributed by atoms with Crippen molar-refractivity contribution in [2.24, 2.45) is 47.3 Å². The molecule has 0 aromatic carbocycles. The Hall–Kier alpha value is 0. The summed E-state index contributed by atoms with van der Waals surface area (Å²) in [7, 11) is 0. The maximum absolute atomic E-state index is 1.56. The van der Waals surface area contributed by atoms with Crippen molar-refractivity contribution in [3.05, 3.63) is 0 Å². The molecule has 0 aliphatic heterocycles. The normalized spacial score (nSPS) is 45.7. The summed E-state index contributed by atoms with van der Waals surface area (Å²) in [6.45, 7) is 0. The van der Waals surface area contributed by atoms with Gasteiger partial charge in [0, 0.05) is 0 Å². The smallest absolute Gasteiger partial charge is 0.0386 e. The molecular formula is C31H54. The monoisotopic (exact) mass is 426 g/mol. The van der Waals surface area contributed by atoms with Crippen LogP contribution in [-0.2, 0) is 0 Å². The van der Waals surface area contributed by atoms with Gasteiger partial charge in [0.1, 0.15) is 0 Å². The van der Waals surface area contributed by atoms with Crippen LogP contribution in [0.25, 0.3) is 0 Å². The van der Waals surface area contributed by atoms with Crippen LogP contribution in [0.15, 0.2) is 0 Å². The van der Waals surface area contributed by atoms with E-state index in [1.165, 1.54) is 92.3 Å². The Labute approximate surface area is 195 Å². The molecule has 31 heavy (non-hydrogen) atoms. The van der Waals surface area contributed by atoms with E-state index >= 15 is 0 Å². The number of hydrogen-bond donors (Lipinski definition) is 0. The van der Waals surface area contributed by atoms with Gasteiger partial charge in [0.15, 0.2) is 0 Å². The number of hydrogen-bond acceptors (Lipinski definition) is 0. The lowest BCUT2D eigenvalue weighted by Gasteiger charge is -2.40. The minimum Gasteiger partial charge on any atom is -0.0530 e. The average molecular weight is 427 g/mol. The first-order valence-corrected chi connectivity index (χ1v) is 15.4. The topological polar surface area (TPSA) is 0 Å². The SMILES string of the molecule is C1CC2CCC2C1.C1CCC2CCC2C1.C1CCC2CCC2C1.C1CCC2CCC2C1. The van der Waals surface area contributed by atoms with Crippen LogP contribution in [0.2, 0.25) is 0 Å². The van der Waals surface area contributed by atoms with E-state index < -0.39 is 0 Å². The second-order valence-electron chi connectivity index (χ2n) is 13.2. The number of rotatable bonds is 0. The van der Waals surface area contributed by atoms with Crippen molar-refractivity contribution in [3.63, 3.8) is 0 Å². The maximum atomic E-state index is 1.56. The highest BCUT2D eigenvalue weighted by atomic mass is 14.4. The lowest BCUT2D eigenvalue weighted by atomic mass is 9.66. The van der Waals surface area contributed by atoms with Gasteiger partial charge in [0.2, 0.25) is 0 Å². The summed E-state index contributed by atoms with van der Waals surface area (Å²) in [5, 5.41) is 0. The molecule has 0 amide bonds. The third-order valence-corrected chi connectivity index (χ3v) is 11.6. The zero-order valence-corrected chi connectivity index (χ0v) is 20.9. The first kappa shape index (κ1) is 22.8. The molecule has 8 rings (SSSR count). The molecule has 0 heteroatoms. The molecule has 0 nitrogen and oxygen atoms in total. The average Bonchev–Trinajstić information content (AvgIpc) is 3.04. The predicted molar refractivity (Wildman–Crippen MR) is 134 cm³/mol. The van der Waals surface area contributed by atoms with Crippen molar-refractivity contribution >= 4 is 0 Å². The molecule has 178 valence electrons. The third-order valence-electron chi connectivity index (χ3n) is 11.6. The highest BCUT2D eigenvalue weighted by Crippen LogP contribution is 2.47. The van der Waals surface area contributed by atoms with Gasteiger partial charge < -0.3 is 0 Å². The van der Waals surface area contributed by atoms with Crippen LogP contribution in [0.4, 0.5) is 0 Å². The molecule has 0 saturated heterocycles. The van der Waals surface area contributed by atoms with Gasteiger partial charge in [0.05, 0.1) is 0 Å². The molecule has 8 unspecified atom stereocenters. The summed E-state index contributed by atoms with van der Waals surface area (Å²) in [4.78, 5) is 0. The Balaban J connectivity index is 0.0000000879. The summed E-state index contributed by atoms with van der Waals surface area (Å²) in [6.07, 6.45) is 35.7. The third kappa shape index (κ3) is 5.93. The maximum Gasteiger partial charge on any atom is -0.0386 e. The van der Waals surface area contributed by atoms with Gasteiger partial charge in [-0.3, -0.25) is 0 Å². The van der Waals surface area contributed by atoms with Crippen LogP contribution in [0.3, 0.4) is 0 Å². The van der Waals surface area contributed by atoms with Gasteiger partial charge in [-0.25, -0.2) is 0 Å². The summed E-state index contributed by atoms with van der Waals surface area (Å²) >= 11 is 0. The van der Waals surface area contributed by atoms with E-state index in [4.69, 9.17) is 0 Å². The number of fused-ring (bicyclic) bond motifs is 4. The fourth-order valence-corrected chi connectivity index (χ4v) is 8.67. The zero-order valence-electron chi connectivity index (χ0n) is 20.9. The van der Waals surface area contributed by atoms with Gasteiger partial charge in [-0.15, -0.1) is 0 Å². The van der Waals surface area contributed by atoms with E-state index in [-0.39, 0.29) is 0 Å². The minimum absolute atomic E-state index is 1.18. The molecule has 0 aromatic heterocycles. The van der Waals surface area contributed by atoms with E-state index in [9.17, 15) is 0 Å². The molecule has 0 heterocycles. The van der Waals surface area contributed by atoms with Crippen LogP contribution in [-0.4, -0.2) is 0 Å². The Morgan fingerprint density at radius 1 is 0.161 bits per heavy atom. The molecule has 0 bridgehead atoms. The second kappa shape index (κ2) is 11.4. The van der Waals surface area contributed by atoms with E-state index in [1.807, 2.05) is 0 Å². The zero-order chi connectivity index (χ0) is 20.9. The summed E-state index contributed by atoms with van der Waals surface area (Å²) in [5.41, 5.74) is 0. The van der Waals surface area contributed by atoms with Gasteiger partial charge in [-0.2, -0.15) is 0 Å². The molecule has 8 fully saturated rings. The van der Waals surface area contributed by atoms with Crippen molar-refractivity contribution < 1.29 is 0 Å². The van der Waals surface area contributed by atoms with E-state index in [0.717, 1.165) is 0 Å². The Kier molecular flexibility index (Phi) is 8.39. The fourth-order valence-electron chi connectivity index (χ4n) is 8.67. The van der Waals surface area contributed by atoms with Crippen molar-refractivity contribution in [2.45, 2.75) is 148 Å². The largest absolute Gasteiger partial charge is 0.0530 e. The van der Waals surface area contributed by atoms with E-state index in [2.05, 4.69) is 0 Å². The molecule has 8 aliphatic carbocycles. The van der Waals surface area contributed by atoms with E-state index in [1.54, 1.807) is 103 Å². The minimum atomic E-state index is 1.18. The van der Waals surface area contributed by atoms with Crippen LogP contribution in [0, 0.1) is 47.3 Å². The van der Waals surface area contributed by atoms with Crippen molar-refractivity contribution in [2.75, 3.05) is 0 Å². The summed E-state index contributed by atoms with van der Waals surface area (Å²) in [5.74, 6) is 9.49. The van der Waals surface area contributed by atoms with Gasteiger partial charge in [-0.05, 0) is 98.7 Å². The Bertz CT molecular complexity index is 419. The molecule has 0 spiro atoms. The van der Waals surface area contributed by atoms with Crippen LogP contribution in [0.1, 0.15) is 148 Å². The van der Waals surface area contributed by atoms with Crippen LogP contribution < -0.4 is 0 Å². The first-order chi connectivity index (χ1) is 15.4. The van der Waals surface area contributed by atoms with Crippen molar-refractivity contribution in [1.82, 2.24) is 0 Å². The molecule has 8 atom stereocenters. The van der Waals surface area contributed by atoms with E-state index in [0.29, 0.717) is 0 Å². The molecular weight excluding hydrogens is 372 g/mol. The Morgan fingerprint density at radius 2 is 0.323 bits per heavy atom. The molecule has 8 saturated carbocycles. The summed E-state index contributed by atoms with van der Waals surface area (Å²) < 4.78 is 0. The van der Waals surface area contributed by atoms with Gasteiger partial charge in [-0.1, -0.05) is 96.3 Å². The molecule has 8 aliphatic rings. The van der Waals surface area contributed by atoms with Crippen LogP contribution in [0.5, 0.6) is 0 Å². The summed E-state index contributed by atoms with van der Waals surface area (Å²) in [6, 6.07) is 0. The van der Waals surface area contributed by atoms with Crippen molar-refractivity contribution in [1.29, 1.82) is 0 Å². The highest BCUT2D eigenvalue weighted by Gasteiger charge is 2.35. The first-order valence-electron chi connectivity index (χ1n) is 15.4. The quantitative estimate of drug-likeness (QED) is 0.361. The second-order valence-corrected chi connectivity index (χ2v) is 13.2.